The van der Waals surface area contributed by atoms with Crippen molar-refractivity contribution in [2.24, 2.45) is 5.73 Å². The van der Waals surface area contributed by atoms with Crippen molar-refractivity contribution in [2.75, 3.05) is 11.9 Å². The standard InChI is InChI=1S/C13H19N3O4/c14-9-4-2-1-3-8-12(18)15-13-10(16(19)20)6-5-7-11(13)17/h5-7,17H,1-4,8-9,14H2,(H,15,18). The number of aromatic hydroxyl groups is 1. The number of hydrogen-bond donors (Lipinski definition) is 3. The maximum Gasteiger partial charge on any atom is 0.296 e. The average Bonchev–Trinajstić information content (AvgIpc) is 2.40. The number of nitrogens with one attached hydrogen (secondary N) is 1. The fourth-order valence-corrected chi connectivity index (χ4v) is 1.79. The first kappa shape index (κ1) is 15.9. The van der Waals surface area contributed by atoms with E-state index in [0.717, 1.165) is 19.3 Å². The van der Waals surface area contributed by atoms with Crippen molar-refractivity contribution in [1.29, 1.82) is 0 Å². The Morgan fingerprint density at radius 3 is 2.65 bits per heavy atom. The van der Waals surface area contributed by atoms with Gasteiger partial charge in [0, 0.05) is 12.5 Å². The molecule has 0 aliphatic carbocycles. The summed E-state index contributed by atoms with van der Waals surface area (Å²) in [6.07, 6.45) is 3.71. The summed E-state index contributed by atoms with van der Waals surface area (Å²) in [4.78, 5) is 21.9. The van der Waals surface area contributed by atoms with Crippen molar-refractivity contribution >= 4 is 17.3 Å². The van der Waals surface area contributed by atoms with Crippen LogP contribution in [0.15, 0.2) is 18.2 Å². The number of nitrogens with two attached hydrogens (primary N) is 1. The predicted molar refractivity (Wildman–Crippen MR) is 75.5 cm³/mol. The second-order valence-corrected chi connectivity index (χ2v) is 4.43. The normalized spacial score (nSPS) is 10.2. The lowest BCUT2D eigenvalue weighted by Gasteiger charge is -2.07. The summed E-state index contributed by atoms with van der Waals surface area (Å²) in [5, 5.41) is 22.8. The molecule has 0 saturated carbocycles. The van der Waals surface area contributed by atoms with Gasteiger partial charge in [0.15, 0.2) is 5.69 Å². The van der Waals surface area contributed by atoms with Gasteiger partial charge in [-0.05, 0) is 25.5 Å². The Morgan fingerprint density at radius 1 is 1.30 bits per heavy atom. The molecule has 1 amide bonds. The first-order chi connectivity index (χ1) is 9.56. The van der Waals surface area contributed by atoms with Gasteiger partial charge in [-0.1, -0.05) is 18.9 Å². The Bertz CT molecular complexity index is 477. The van der Waals surface area contributed by atoms with E-state index >= 15 is 0 Å². The molecule has 0 aromatic heterocycles. The number of nitro benzene ring substituents is 1. The molecular formula is C13H19N3O4. The second kappa shape index (κ2) is 8.11. The molecule has 1 aromatic carbocycles. The summed E-state index contributed by atoms with van der Waals surface area (Å²) in [7, 11) is 0. The fraction of sp³-hybridized carbons (Fsp3) is 0.462. The van der Waals surface area contributed by atoms with Crippen LogP contribution in [0.3, 0.4) is 0 Å². The van der Waals surface area contributed by atoms with Crippen LogP contribution in [0.5, 0.6) is 5.75 Å². The molecular weight excluding hydrogens is 262 g/mol. The molecule has 0 atom stereocenters. The van der Waals surface area contributed by atoms with Crippen LogP contribution in [0.2, 0.25) is 0 Å². The van der Waals surface area contributed by atoms with E-state index in [0.29, 0.717) is 13.0 Å². The van der Waals surface area contributed by atoms with Crippen LogP contribution in [0.4, 0.5) is 11.4 Å². The lowest BCUT2D eigenvalue weighted by Crippen LogP contribution is -2.12. The zero-order chi connectivity index (χ0) is 15.0. The maximum absolute atomic E-state index is 11.7. The van der Waals surface area contributed by atoms with E-state index in [1.54, 1.807) is 0 Å². The molecule has 1 rings (SSSR count). The first-order valence-electron chi connectivity index (χ1n) is 6.52. The number of phenols is 1. The topological polar surface area (TPSA) is 118 Å². The number of rotatable bonds is 8. The second-order valence-electron chi connectivity index (χ2n) is 4.43. The van der Waals surface area contributed by atoms with E-state index in [1.807, 2.05) is 0 Å². The highest BCUT2D eigenvalue weighted by molar-refractivity contribution is 5.94. The molecule has 0 bridgehead atoms. The molecule has 0 aliphatic rings. The number of nitrogens with zero attached hydrogens (tertiary/aromatic N) is 1. The number of para-hydroxylation sites is 1. The van der Waals surface area contributed by atoms with Gasteiger partial charge in [-0.2, -0.15) is 0 Å². The van der Waals surface area contributed by atoms with Gasteiger partial charge in [0.25, 0.3) is 5.69 Å². The lowest BCUT2D eigenvalue weighted by molar-refractivity contribution is -0.384. The van der Waals surface area contributed by atoms with Gasteiger partial charge in [0.05, 0.1) is 4.92 Å². The van der Waals surface area contributed by atoms with Crippen LogP contribution in [-0.4, -0.2) is 22.5 Å². The summed E-state index contributed by atoms with van der Waals surface area (Å²) in [5.74, 6) is -0.655. The molecule has 0 spiro atoms. The highest BCUT2D eigenvalue weighted by Gasteiger charge is 2.19. The van der Waals surface area contributed by atoms with Crippen molar-refractivity contribution in [3.63, 3.8) is 0 Å². The van der Waals surface area contributed by atoms with Gasteiger partial charge in [0.1, 0.15) is 5.75 Å². The summed E-state index contributed by atoms with van der Waals surface area (Å²) in [6.45, 7) is 0.635. The van der Waals surface area contributed by atoms with Gasteiger partial charge in [-0.3, -0.25) is 14.9 Å². The molecule has 0 fully saturated rings. The van der Waals surface area contributed by atoms with Gasteiger partial charge >= 0.3 is 0 Å². The monoisotopic (exact) mass is 281 g/mol. The van der Waals surface area contributed by atoms with Crippen LogP contribution in [0.25, 0.3) is 0 Å². The summed E-state index contributed by atoms with van der Waals surface area (Å²) < 4.78 is 0. The minimum absolute atomic E-state index is 0.149. The molecule has 0 heterocycles. The van der Waals surface area contributed by atoms with Crippen molar-refractivity contribution in [3.05, 3.63) is 28.3 Å². The third-order valence-corrected chi connectivity index (χ3v) is 2.84. The van der Waals surface area contributed by atoms with Crippen molar-refractivity contribution in [1.82, 2.24) is 0 Å². The van der Waals surface area contributed by atoms with E-state index in [4.69, 9.17) is 5.73 Å². The van der Waals surface area contributed by atoms with Crippen LogP contribution in [0, 0.1) is 10.1 Å². The fourth-order valence-electron chi connectivity index (χ4n) is 1.79. The molecule has 4 N–H and O–H groups in total. The Hall–Kier alpha value is -2.15. The molecule has 20 heavy (non-hydrogen) atoms. The number of hydrogen-bond acceptors (Lipinski definition) is 5. The average molecular weight is 281 g/mol. The quantitative estimate of drug-likeness (QED) is 0.292. The lowest BCUT2D eigenvalue weighted by atomic mass is 10.1. The highest BCUT2D eigenvalue weighted by atomic mass is 16.6. The molecule has 0 radical (unpaired) electrons. The van der Waals surface area contributed by atoms with Crippen LogP contribution in [0.1, 0.15) is 32.1 Å². The number of nitro groups is 1. The number of amides is 1. The van der Waals surface area contributed by atoms with E-state index in [9.17, 15) is 20.0 Å². The molecule has 0 aliphatic heterocycles. The number of carbonyl (C=O) groups is 1. The van der Waals surface area contributed by atoms with Crippen LogP contribution in [-0.2, 0) is 4.79 Å². The van der Waals surface area contributed by atoms with Crippen LogP contribution < -0.4 is 11.1 Å². The van der Waals surface area contributed by atoms with Gasteiger partial charge in [-0.25, -0.2) is 0 Å². The summed E-state index contributed by atoms with van der Waals surface area (Å²) in [5.41, 5.74) is 4.90. The zero-order valence-corrected chi connectivity index (χ0v) is 11.2. The minimum atomic E-state index is -0.642. The number of unbranched alkanes of at least 4 members (excludes halogenated alkanes) is 3. The number of carbonyl (C=O) groups excluding carboxylic acids is 1. The Balaban J connectivity index is 2.55. The van der Waals surface area contributed by atoms with E-state index in [1.165, 1.54) is 18.2 Å². The largest absolute Gasteiger partial charge is 0.505 e. The predicted octanol–water partition coefficient (Wildman–Crippen LogP) is 2.15. The third kappa shape index (κ3) is 4.85. The molecule has 0 unspecified atom stereocenters. The highest BCUT2D eigenvalue weighted by Crippen LogP contribution is 2.33. The van der Waals surface area contributed by atoms with E-state index < -0.39 is 4.92 Å². The molecule has 0 saturated heterocycles. The van der Waals surface area contributed by atoms with Gasteiger partial charge in [0.2, 0.25) is 5.91 Å². The smallest absolute Gasteiger partial charge is 0.296 e. The minimum Gasteiger partial charge on any atom is -0.505 e. The van der Waals surface area contributed by atoms with Gasteiger partial charge < -0.3 is 16.2 Å². The third-order valence-electron chi connectivity index (χ3n) is 2.84. The molecule has 7 heteroatoms. The van der Waals surface area contributed by atoms with Crippen LogP contribution >= 0.6 is 0 Å². The van der Waals surface area contributed by atoms with Gasteiger partial charge in [-0.15, -0.1) is 0 Å². The maximum atomic E-state index is 11.7. The zero-order valence-electron chi connectivity index (χ0n) is 11.2. The first-order valence-corrected chi connectivity index (χ1v) is 6.52. The Labute approximate surface area is 116 Å². The molecule has 110 valence electrons. The van der Waals surface area contributed by atoms with E-state index in [2.05, 4.69) is 5.32 Å². The number of benzene rings is 1. The SMILES string of the molecule is NCCCCCCC(=O)Nc1c(O)cccc1[N+](=O)[O-]. The summed E-state index contributed by atoms with van der Waals surface area (Å²) >= 11 is 0. The van der Waals surface area contributed by atoms with Crippen molar-refractivity contribution in [2.45, 2.75) is 32.1 Å². The Morgan fingerprint density at radius 2 is 2.00 bits per heavy atom. The van der Waals surface area contributed by atoms with Crippen molar-refractivity contribution in [3.8, 4) is 5.75 Å². The number of phenolic OH excluding ortho intramolecular Hbond substituents is 1. The summed E-state index contributed by atoms with van der Waals surface area (Å²) in [6, 6.07) is 3.89. The molecule has 7 nitrogen and oxygen atoms in total. The number of anilines is 1. The Kier molecular flexibility index (Phi) is 6.45. The molecule has 1 aromatic rings. The van der Waals surface area contributed by atoms with E-state index in [-0.39, 0.29) is 29.5 Å². The van der Waals surface area contributed by atoms with Crippen molar-refractivity contribution < 1.29 is 14.8 Å².